The SMILES string of the molecule is C1=CCC2C=c3c(n(-c4ccc(C5=NC(c6cccc(-c7ccccc7)c6)NC(c6ccccc6)N5)cc4)c4ccccc34)=C(N3C4C=CC=CC4C4C=CC=CC43)C2=C1. The number of fused-ring (bicyclic) bond motifs is 7. The summed E-state index contributed by atoms with van der Waals surface area (Å²) in [4.78, 5) is 8.14. The maximum absolute atomic E-state index is 5.37. The molecule has 1 saturated heterocycles. The predicted octanol–water partition coefficient (Wildman–Crippen LogP) is 9.58. The third kappa shape index (κ3) is 5.76. The van der Waals surface area contributed by atoms with E-state index in [1.165, 1.54) is 49.4 Å². The molecule has 2 aliphatic heterocycles. The number of para-hydroxylation sites is 1. The highest BCUT2D eigenvalue weighted by Gasteiger charge is 2.48. The zero-order chi connectivity index (χ0) is 39.6. The summed E-state index contributed by atoms with van der Waals surface area (Å²) in [5, 5.41) is 11.5. The van der Waals surface area contributed by atoms with E-state index in [0.29, 0.717) is 17.8 Å². The second-order valence-electron chi connectivity index (χ2n) is 16.7. The summed E-state index contributed by atoms with van der Waals surface area (Å²) in [7, 11) is 0. The Morgan fingerprint density at radius 1 is 0.600 bits per heavy atom. The van der Waals surface area contributed by atoms with Gasteiger partial charge in [-0.15, -0.1) is 0 Å². The van der Waals surface area contributed by atoms with Gasteiger partial charge in [0.15, 0.2) is 0 Å². The molecular formula is C55H45N5. The highest BCUT2D eigenvalue weighted by atomic mass is 15.3. The topological polar surface area (TPSA) is 44.6 Å². The smallest absolute Gasteiger partial charge is 0.131 e. The van der Waals surface area contributed by atoms with Crippen LogP contribution in [0.3, 0.4) is 0 Å². The van der Waals surface area contributed by atoms with Gasteiger partial charge in [0.05, 0.1) is 28.6 Å². The van der Waals surface area contributed by atoms with Crippen LogP contribution in [0.4, 0.5) is 0 Å². The first-order valence-corrected chi connectivity index (χ1v) is 21.4. The number of aromatic nitrogens is 1. The average molecular weight is 776 g/mol. The number of benzene rings is 5. The summed E-state index contributed by atoms with van der Waals surface area (Å²) in [5.74, 6) is 2.03. The summed E-state index contributed by atoms with van der Waals surface area (Å²) in [5.41, 5.74) is 10.9. The summed E-state index contributed by atoms with van der Waals surface area (Å²) in [6.45, 7) is 0. The number of nitrogens with one attached hydrogen (secondary N) is 2. The molecule has 2 N–H and O–H groups in total. The Morgan fingerprint density at radius 2 is 1.28 bits per heavy atom. The largest absolute Gasteiger partial charge is 0.355 e. The van der Waals surface area contributed by atoms with Gasteiger partial charge in [0.25, 0.3) is 0 Å². The lowest BCUT2D eigenvalue weighted by Gasteiger charge is -2.38. The Hall–Kier alpha value is -6.95. The number of likely N-dealkylation sites (tertiary alicyclic amines) is 1. The van der Waals surface area contributed by atoms with Crippen molar-refractivity contribution in [1.82, 2.24) is 20.1 Å². The summed E-state index contributed by atoms with van der Waals surface area (Å²) < 4.78 is 2.53. The van der Waals surface area contributed by atoms with Crippen molar-refractivity contribution in [3.8, 4) is 16.8 Å². The van der Waals surface area contributed by atoms with E-state index in [-0.39, 0.29) is 24.4 Å². The van der Waals surface area contributed by atoms with Crippen LogP contribution < -0.4 is 21.2 Å². The molecule has 6 aromatic rings. The maximum Gasteiger partial charge on any atom is 0.131 e. The third-order valence-electron chi connectivity index (χ3n) is 13.3. The fourth-order valence-electron chi connectivity index (χ4n) is 10.6. The molecule has 0 bridgehead atoms. The highest BCUT2D eigenvalue weighted by molar-refractivity contribution is 6.00. The maximum atomic E-state index is 5.37. The molecule has 0 saturated carbocycles. The molecule has 5 nitrogen and oxygen atoms in total. The summed E-state index contributed by atoms with van der Waals surface area (Å²) in [6, 6.07) is 48.5. The minimum Gasteiger partial charge on any atom is -0.355 e. The van der Waals surface area contributed by atoms with Gasteiger partial charge in [-0.1, -0.05) is 170 Å². The fraction of sp³-hybridized carbons (Fsp3) is 0.145. The van der Waals surface area contributed by atoms with Crippen LogP contribution in [0.25, 0.3) is 39.5 Å². The van der Waals surface area contributed by atoms with Crippen LogP contribution in [0, 0.1) is 17.8 Å². The Bertz CT molecular complexity index is 2960. The van der Waals surface area contributed by atoms with Gasteiger partial charge in [0.1, 0.15) is 18.2 Å². The number of allylic oxidation sites excluding steroid dienone is 7. The molecular weight excluding hydrogens is 731 g/mol. The molecule has 12 rings (SSSR count). The predicted molar refractivity (Wildman–Crippen MR) is 245 cm³/mol. The molecule has 1 aromatic heterocycles. The zero-order valence-corrected chi connectivity index (χ0v) is 33.2. The van der Waals surface area contributed by atoms with E-state index in [0.717, 1.165) is 29.1 Å². The van der Waals surface area contributed by atoms with Gasteiger partial charge in [-0.2, -0.15) is 0 Å². The van der Waals surface area contributed by atoms with Gasteiger partial charge in [-0.25, -0.2) is 4.99 Å². The molecule has 0 radical (unpaired) electrons. The Labute approximate surface area is 350 Å². The van der Waals surface area contributed by atoms with Crippen LogP contribution in [0.5, 0.6) is 0 Å². The Morgan fingerprint density at radius 3 is 2.07 bits per heavy atom. The lowest BCUT2D eigenvalue weighted by atomic mass is 9.83. The normalized spacial score (nSPS) is 25.8. The quantitative estimate of drug-likeness (QED) is 0.177. The van der Waals surface area contributed by atoms with E-state index in [9.17, 15) is 0 Å². The van der Waals surface area contributed by atoms with Gasteiger partial charge >= 0.3 is 0 Å². The second-order valence-corrected chi connectivity index (χ2v) is 16.7. The van der Waals surface area contributed by atoms with E-state index >= 15 is 0 Å². The van der Waals surface area contributed by atoms with Crippen molar-refractivity contribution < 1.29 is 0 Å². The van der Waals surface area contributed by atoms with Crippen LogP contribution in [-0.2, 0) is 0 Å². The van der Waals surface area contributed by atoms with Gasteiger partial charge in [-0.05, 0) is 70.6 Å². The minimum absolute atomic E-state index is 0.122. The lowest BCUT2D eigenvalue weighted by Crippen LogP contribution is -2.46. The van der Waals surface area contributed by atoms with Crippen molar-refractivity contribution in [3.05, 3.63) is 233 Å². The molecule has 0 amide bonds. The molecule has 3 heterocycles. The standard InChI is InChI=1S/C55H45N5/c1-3-16-36(17-4-1)39-21-15-22-41(34-39)55-57-53(37-18-5-2-6-19-37)56-54(58-55)38-30-32-42(33-31-38)59-48-27-12-11-26-46(48)47-35-40-20-7-8-23-43(40)51(52(47)59)60-49-28-13-9-24-44(49)45-25-10-14-29-50(45)60/h1-19,21-35,40,44-45,49-50,53,55,57H,20H2,(H,56,58). The minimum atomic E-state index is -0.242. The molecule has 1 fully saturated rings. The number of rotatable bonds is 6. The second kappa shape index (κ2) is 14.4. The molecule has 60 heavy (non-hydrogen) atoms. The number of nitrogens with zero attached hydrogens (tertiary/aromatic N) is 3. The number of hydrogen-bond acceptors (Lipinski definition) is 4. The molecule has 7 atom stereocenters. The van der Waals surface area contributed by atoms with Crippen molar-refractivity contribution in [2.24, 2.45) is 22.7 Å². The number of hydrogen-bond donors (Lipinski definition) is 2. The van der Waals surface area contributed by atoms with E-state index in [4.69, 9.17) is 4.99 Å². The molecule has 5 heteroatoms. The van der Waals surface area contributed by atoms with Crippen molar-refractivity contribution in [2.45, 2.75) is 30.8 Å². The van der Waals surface area contributed by atoms with Crippen molar-refractivity contribution in [2.75, 3.05) is 0 Å². The fourth-order valence-corrected chi connectivity index (χ4v) is 10.6. The third-order valence-corrected chi connectivity index (χ3v) is 13.3. The van der Waals surface area contributed by atoms with E-state index in [1.54, 1.807) is 0 Å². The van der Waals surface area contributed by atoms with Crippen molar-refractivity contribution >= 4 is 28.5 Å². The first-order chi connectivity index (χ1) is 29.8. The molecule has 0 spiro atoms. The Kier molecular flexibility index (Phi) is 8.41. The number of aliphatic imine (C=N–C) groups is 1. The molecule has 7 unspecified atom stereocenters. The van der Waals surface area contributed by atoms with E-state index < -0.39 is 0 Å². The molecule has 5 aromatic carbocycles. The summed E-state index contributed by atoms with van der Waals surface area (Å²) >= 11 is 0. The first kappa shape index (κ1) is 35.0. The molecule has 6 aliphatic rings. The number of amidine groups is 1. The van der Waals surface area contributed by atoms with Gasteiger partial charge in [0.2, 0.25) is 0 Å². The van der Waals surface area contributed by atoms with E-state index in [1.807, 2.05) is 0 Å². The van der Waals surface area contributed by atoms with Gasteiger partial charge in [0, 0.05) is 39.6 Å². The van der Waals surface area contributed by atoms with Crippen molar-refractivity contribution in [3.63, 3.8) is 0 Å². The van der Waals surface area contributed by atoms with Crippen LogP contribution in [0.2, 0.25) is 0 Å². The highest BCUT2D eigenvalue weighted by Crippen LogP contribution is 2.47. The Balaban J connectivity index is 1.01. The first-order valence-electron chi connectivity index (χ1n) is 21.4. The van der Waals surface area contributed by atoms with Crippen LogP contribution in [0.15, 0.2) is 211 Å². The van der Waals surface area contributed by atoms with Crippen LogP contribution in [0.1, 0.15) is 35.4 Å². The van der Waals surface area contributed by atoms with Gasteiger partial charge < -0.3 is 14.8 Å². The zero-order valence-electron chi connectivity index (χ0n) is 33.2. The average Bonchev–Trinajstić information content (AvgIpc) is 3.84. The molecule has 4 aliphatic carbocycles. The molecule has 290 valence electrons. The van der Waals surface area contributed by atoms with Crippen LogP contribution in [-0.4, -0.2) is 27.4 Å². The summed E-state index contributed by atoms with van der Waals surface area (Å²) in [6.07, 6.45) is 28.9. The van der Waals surface area contributed by atoms with Gasteiger partial charge in [-0.3, -0.25) is 5.32 Å². The van der Waals surface area contributed by atoms with Crippen LogP contribution >= 0.6 is 0 Å². The monoisotopic (exact) mass is 775 g/mol. The van der Waals surface area contributed by atoms with E-state index in [2.05, 4.69) is 226 Å². The van der Waals surface area contributed by atoms with Crippen molar-refractivity contribution in [1.29, 1.82) is 0 Å². The lowest BCUT2D eigenvalue weighted by molar-refractivity contribution is 0.345.